The van der Waals surface area contributed by atoms with E-state index in [0.717, 1.165) is 52.0 Å². The average Bonchev–Trinajstić information content (AvgIpc) is 2.78. The van der Waals surface area contributed by atoms with E-state index >= 15 is 0 Å². The molecule has 0 bridgehead atoms. The molecule has 2 aliphatic rings. The molecule has 3 unspecified atom stereocenters. The van der Waals surface area contributed by atoms with Crippen LogP contribution < -0.4 is 0 Å². The Hall–Kier alpha value is -0.840. The highest BCUT2D eigenvalue weighted by molar-refractivity contribution is 5.86. The number of likely N-dealkylation sites (N-methyl/N-ethyl adjacent to an activating group) is 1. The molecule has 1 aliphatic heterocycles. The number of aliphatic hydroxyl groups is 1. The van der Waals surface area contributed by atoms with E-state index in [1.54, 1.807) is 0 Å². The zero-order chi connectivity index (χ0) is 21.0. The third-order valence-electron chi connectivity index (χ3n) is 7.83. The van der Waals surface area contributed by atoms with Gasteiger partial charge < -0.3 is 14.9 Å². The highest BCUT2D eigenvalue weighted by Crippen LogP contribution is 2.47. The lowest BCUT2D eigenvalue weighted by Crippen LogP contribution is -2.52. The van der Waals surface area contributed by atoms with Crippen LogP contribution in [0.2, 0.25) is 0 Å². The standard InChI is InChI=1S/C27H40N2O.2ClH/c1-3-4-12-23-13-7-8-16-27(23,30)26(21-29-19-17-28(2)18-20-29)25-15-9-11-22-10-5-6-14-24(22)25;;/h5-6,9-11,14-15,23,26,30H,3-4,7-8,12-13,16-21H2,1-2H3;2*1H. The van der Waals surface area contributed by atoms with Gasteiger partial charge in [-0.1, -0.05) is 75.1 Å². The minimum atomic E-state index is -0.596. The van der Waals surface area contributed by atoms with Crippen molar-refractivity contribution in [1.29, 1.82) is 0 Å². The molecular formula is C27H42Cl2N2O. The molecule has 0 radical (unpaired) electrons. The predicted octanol–water partition coefficient (Wildman–Crippen LogP) is 6.13. The fourth-order valence-corrected chi connectivity index (χ4v) is 5.93. The molecule has 1 heterocycles. The molecule has 1 saturated carbocycles. The number of hydrogen-bond donors (Lipinski definition) is 1. The van der Waals surface area contributed by atoms with Crippen LogP contribution in [0.25, 0.3) is 10.8 Å². The molecule has 180 valence electrons. The van der Waals surface area contributed by atoms with Crippen molar-refractivity contribution in [2.45, 2.75) is 63.4 Å². The van der Waals surface area contributed by atoms with Gasteiger partial charge in [-0.3, -0.25) is 0 Å². The molecule has 2 aromatic carbocycles. The van der Waals surface area contributed by atoms with Gasteiger partial charge in [-0.15, -0.1) is 24.8 Å². The highest BCUT2D eigenvalue weighted by Gasteiger charge is 2.46. The number of unbranched alkanes of at least 4 members (excludes halogenated alkanes) is 1. The Morgan fingerprint density at radius 1 is 1.00 bits per heavy atom. The van der Waals surface area contributed by atoms with E-state index in [2.05, 4.69) is 66.2 Å². The van der Waals surface area contributed by atoms with Crippen LogP contribution in [0.4, 0.5) is 0 Å². The molecule has 3 atom stereocenters. The van der Waals surface area contributed by atoms with Crippen LogP contribution in [-0.2, 0) is 0 Å². The van der Waals surface area contributed by atoms with E-state index < -0.39 is 5.60 Å². The Morgan fingerprint density at radius 3 is 2.47 bits per heavy atom. The molecule has 4 rings (SSSR count). The maximum Gasteiger partial charge on any atom is 0.0756 e. The third-order valence-corrected chi connectivity index (χ3v) is 7.83. The van der Waals surface area contributed by atoms with Crippen molar-refractivity contribution in [1.82, 2.24) is 9.80 Å². The quantitative estimate of drug-likeness (QED) is 0.516. The average molecular weight is 482 g/mol. The molecule has 0 aromatic heterocycles. The Morgan fingerprint density at radius 2 is 1.72 bits per heavy atom. The molecule has 5 heteroatoms. The number of fused-ring (bicyclic) bond motifs is 1. The topological polar surface area (TPSA) is 26.7 Å². The Labute approximate surface area is 207 Å². The Kier molecular flexibility index (Phi) is 10.8. The van der Waals surface area contributed by atoms with E-state index in [-0.39, 0.29) is 30.7 Å². The molecule has 1 aliphatic carbocycles. The van der Waals surface area contributed by atoms with Gasteiger partial charge in [0.1, 0.15) is 0 Å². The lowest BCUT2D eigenvalue weighted by Gasteiger charge is -2.48. The molecular weight excluding hydrogens is 439 g/mol. The first-order valence-corrected chi connectivity index (χ1v) is 12.2. The summed E-state index contributed by atoms with van der Waals surface area (Å²) in [6.45, 7) is 7.70. The fraction of sp³-hybridized carbons (Fsp3) is 0.630. The number of nitrogens with zero attached hydrogens (tertiary/aromatic N) is 2. The molecule has 32 heavy (non-hydrogen) atoms. The summed E-state index contributed by atoms with van der Waals surface area (Å²) in [4.78, 5) is 5.03. The summed E-state index contributed by atoms with van der Waals surface area (Å²) >= 11 is 0. The van der Waals surface area contributed by atoms with Crippen LogP contribution in [0, 0.1) is 5.92 Å². The van der Waals surface area contributed by atoms with Gasteiger partial charge in [-0.2, -0.15) is 0 Å². The first-order chi connectivity index (χ1) is 14.6. The predicted molar refractivity (Wildman–Crippen MR) is 142 cm³/mol. The van der Waals surface area contributed by atoms with Crippen molar-refractivity contribution in [2.75, 3.05) is 39.8 Å². The van der Waals surface area contributed by atoms with Gasteiger partial charge in [0.05, 0.1) is 5.60 Å². The molecule has 0 amide bonds. The summed E-state index contributed by atoms with van der Waals surface area (Å²) in [5.41, 5.74) is 0.763. The van der Waals surface area contributed by atoms with Gasteiger partial charge in [-0.05, 0) is 48.6 Å². The maximum atomic E-state index is 12.4. The largest absolute Gasteiger partial charge is 0.389 e. The van der Waals surface area contributed by atoms with Crippen molar-refractivity contribution in [3.8, 4) is 0 Å². The van der Waals surface area contributed by atoms with Crippen LogP contribution >= 0.6 is 24.8 Å². The third kappa shape index (κ3) is 5.98. The minimum absolute atomic E-state index is 0. The van der Waals surface area contributed by atoms with Crippen molar-refractivity contribution >= 4 is 35.6 Å². The van der Waals surface area contributed by atoms with Gasteiger partial charge in [0.15, 0.2) is 0 Å². The van der Waals surface area contributed by atoms with Crippen LogP contribution in [0.1, 0.15) is 63.4 Å². The fourth-order valence-electron chi connectivity index (χ4n) is 5.93. The van der Waals surface area contributed by atoms with E-state index in [1.807, 2.05) is 0 Å². The lowest BCUT2D eigenvalue weighted by atomic mass is 9.64. The summed E-state index contributed by atoms with van der Waals surface area (Å²) in [5, 5.41) is 15.0. The first kappa shape index (κ1) is 27.4. The van der Waals surface area contributed by atoms with Crippen molar-refractivity contribution in [3.63, 3.8) is 0 Å². The van der Waals surface area contributed by atoms with E-state index in [1.165, 1.54) is 42.0 Å². The number of piperazine rings is 1. The second-order valence-electron chi connectivity index (χ2n) is 9.80. The second kappa shape index (κ2) is 12.6. The zero-order valence-electron chi connectivity index (χ0n) is 19.8. The monoisotopic (exact) mass is 480 g/mol. The van der Waals surface area contributed by atoms with Gasteiger partial charge in [0.25, 0.3) is 0 Å². The van der Waals surface area contributed by atoms with E-state index in [4.69, 9.17) is 0 Å². The van der Waals surface area contributed by atoms with E-state index in [9.17, 15) is 5.11 Å². The van der Waals surface area contributed by atoms with Gasteiger partial charge >= 0.3 is 0 Å². The smallest absolute Gasteiger partial charge is 0.0756 e. The first-order valence-electron chi connectivity index (χ1n) is 12.2. The molecule has 3 nitrogen and oxygen atoms in total. The number of benzene rings is 2. The Balaban J connectivity index is 0.00000181. The number of hydrogen-bond acceptors (Lipinski definition) is 3. The van der Waals surface area contributed by atoms with Crippen molar-refractivity contribution in [3.05, 3.63) is 48.0 Å². The van der Waals surface area contributed by atoms with Gasteiger partial charge in [0, 0.05) is 38.6 Å². The SMILES string of the molecule is CCCCC1CCCCC1(O)C(CN1CCN(C)CC1)c1cccc2ccccc12.Cl.Cl. The van der Waals surface area contributed by atoms with Crippen LogP contribution in [-0.4, -0.2) is 60.3 Å². The van der Waals surface area contributed by atoms with Gasteiger partial charge in [-0.25, -0.2) is 0 Å². The number of rotatable bonds is 7. The molecule has 1 saturated heterocycles. The molecule has 2 fully saturated rings. The number of halogens is 2. The molecule has 0 spiro atoms. The van der Waals surface area contributed by atoms with Crippen molar-refractivity contribution < 1.29 is 5.11 Å². The highest BCUT2D eigenvalue weighted by atomic mass is 35.5. The van der Waals surface area contributed by atoms with Crippen molar-refractivity contribution in [2.24, 2.45) is 5.92 Å². The van der Waals surface area contributed by atoms with E-state index in [0.29, 0.717) is 5.92 Å². The lowest BCUT2D eigenvalue weighted by molar-refractivity contribution is -0.0816. The molecule has 1 N–H and O–H groups in total. The minimum Gasteiger partial charge on any atom is -0.389 e. The van der Waals surface area contributed by atoms with Crippen LogP contribution in [0.3, 0.4) is 0 Å². The Bertz CT molecular complexity index is 819. The maximum absolute atomic E-state index is 12.4. The van der Waals surface area contributed by atoms with Crippen LogP contribution in [0.15, 0.2) is 42.5 Å². The second-order valence-corrected chi connectivity index (χ2v) is 9.80. The van der Waals surface area contributed by atoms with Gasteiger partial charge in [0.2, 0.25) is 0 Å². The molecule has 2 aromatic rings. The summed E-state index contributed by atoms with van der Waals surface area (Å²) < 4.78 is 0. The summed E-state index contributed by atoms with van der Waals surface area (Å²) in [5.74, 6) is 0.594. The summed E-state index contributed by atoms with van der Waals surface area (Å²) in [6.07, 6.45) is 8.16. The normalized spacial score (nSPS) is 25.7. The summed E-state index contributed by atoms with van der Waals surface area (Å²) in [6, 6.07) is 15.5. The zero-order valence-corrected chi connectivity index (χ0v) is 21.5. The summed E-state index contributed by atoms with van der Waals surface area (Å²) in [7, 11) is 2.22. The van der Waals surface area contributed by atoms with Crippen LogP contribution in [0.5, 0.6) is 0 Å².